The fraction of sp³-hybridized carbons (Fsp3) is 0.500. The topological polar surface area (TPSA) is 72.6 Å². The number of benzene rings is 1. The third-order valence-electron chi connectivity index (χ3n) is 2.70. The summed E-state index contributed by atoms with van der Waals surface area (Å²) in [4.78, 5) is 0.258. The van der Waals surface area contributed by atoms with Gasteiger partial charge in [-0.25, -0.2) is 8.42 Å². The number of aryl methyl sites for hydroxylation is 1. The number of nitrogens with two attached hydrogens (primary N) is 1. The van der Waals surface area contributed by atoms with Crippen LogP contribution >= 0.6 is 0 Å². The van der Waals surface area contributed by atoms with E-state index in [0.29, 0.717) is 25.4 Å². The van der Waals surface area contributed by atoms with E-state index in [1.165, 1.54) is 10.4 Å². The molecule has 0 aliphatic carbocycles. The zero-order valence-electron chi connectivity index (χ0n) is 11.0. The van der Waals surface area contributed by atoms with Crippen LogP contribution in [0.3, 0.4) is 0 Å². The van der Waals surface area contributed by atoms with Crippen LogP contribution in [0.5, 0.6) is 0 Å². The van der Waals surface area contributed by atoms with Crippen LogP contribution in [-0.2, 0) is 14.8 Å². The number of hydrogen-bond donors (Lipinski definition) is 1. The Morgan fingerprint density at radius 3 is 2.61 bits per heavy atom. The van der Waals surface area contributed by atoms with Gasteiger partial charge in [-0.05, 0) is 37.6 Å². The SMILES string of the molecule is CCOCCN(C)S(=O)(=O)c1ccc(N)c(C)c1. The molecule has 0 heterocycles. The number of anilines is 1. The van der Waals surface area contributed by atoms with Gasteiger partial charge in [-0.15, -0.1) is 0 Å². The van der Waals surface area contributed by atoms with E-state index >= 15 is 0 Å². The maximum absolute atomic E-state index is 12.2. The summed E-state index contributed by atoms with van der Waals surface area (Å²) in [5.41, 5.74) is 7.03. The number of sulfonamides is 1. The van der Waals surface area contributed by atoms with Crippen LogP contribution < -0.4 is 5.73 Å². The van der Waals surface area contributed by atoms with Gasteiger partial charge in [0.05, 0.1) is 11.5 Å². The number of nitrogen functional groups attached to an aromatic ring is 1. The predicted octanol–water partition coefficient (Wildman–Crippen LogP) is 1.23. The van der Waals surface area contributed by atoms with Crippen molar-refractivity contribution in [1.82, 2.24) is 4.31 Å². The second kappa shape index (κ2) is 6.17. The molecule has 0 unspecified atom stereocenters. The zero-order valence-corrected chi connectivity index (χ0v) is 11.8. The van der Waals surface area contributed by atoms with Crippen molar-refractivity contribution in [3.63, 3.8) is 0 Å². The Hall–Kier alpha value is -1.11. The smallest absolute Gasteiger partial charge is 0.242 e. The van der Waals surface area contributed by atoms with Crippen molar-refractivity contribution in [2.45, 2.75) is 18.7 Å². The summed E-state index contributed by atoms with van der Waals surface area (Å²) in [6, 6.07) is 4.72. The molecule has 102 valence electrons. The molecule has 6 heteroatoms. The molecule has 1 rings (SSSR count). The molecule has 18 heavy (non-hydrogen) atoms. The van der Waals surface area contributed by atoms with E-state index in [1.54, 1.807) is 26.1 Å². The summed E-state index contributed by atoms with van der Waals surface area (Å²) in [5, 5.41) is 0. The average Bonchev–Trinajstić information content (AvgIpc) is 2.32. The maximum atomic E-state index is 12.2. The highest BCUT2D eigenvalue weighted by atomic mass is 32.2. The zero-order chi connectivity index (χ0) is 13.8. The van der Waals surface area contributed by atoms with Gasteiger partial charge >= 0.3 is 0 Å². The van der Waals surface area contributed by atoms with Gasteiger partial charge < -0.3 is 10.5 Å². The van der Waals surface area contributed by atoms with Crippen LogP contribution in [0.1, 0.15) is 12.5 Å². The summed E-state index contributed by atoms with van der Waals surface area (Å²) < 4.78 is 30.9. The van der Waals surface area contributed by atoms with Crippen molar-refractivity contribution in [1.29, 1.82) is 0 Å². The summed E-state index contributed by atoms with van der Waals surface area (Å²) in [7, 11) is -1.92. The lowest BCUT2D eigenvalue weighted by atomic mass is 10.2. The minimum atomic E-state index is -3.46. The van der Waals surface area contributed by atoms with Crippen LogP contribution in [0.4, 0.5) is 5.69 Å². The first-order chi connectivity index (χ1) is 8.39. The molecule has 2 N–H and O–H groups in total. The van der Waals surface area contributed by atoms with Crippen molar-refractivity contribution in [3.8, 4) is 0 Å². The van der Waals surface area contributed by atoms with Gasteiger partial charge in [-0.1, -0.05) is 0 Å². The number of likely N-dealkylation sites (N-methyl/N-ethyl adjacent to an activating group) is 1. The molecule has 0 aliphatic rings. The molecule has 5 nitrogen and oxygen atoms in total. The van der Waals surface area contributed by atoms with Crippen LogP contribution in [0, 0.1) is 6.92 Å². The predicted molar refractivity (Wildman–Crippen MR) is 71.9 cm³/mol. The van der Waals surface area contributed by atoms with E-state index in [2.05, 4.69) is 0 Å². The molecule has 1 aromatic carbocycles. The molecule has 0 spiro atoms. The van der Waals surface area contributed by atoms with Crippen LogP contribution in [0.2, 0.25) is 0 Å². The quantitative estimate of drug-likeness (QED) is 0.624. The molecular formula is C12H20N2O3S. The van der Waals surface area contributed by atoms with Crippen molar-refractivity contribution in [3.05, 3.63) is 23.8 Å². The van der Waals surface area contributed by atoms with Gasteiger partial charge in [-0.2, -0.15) is 4.31 Å². The summed E-state index contributed by atoms with van der Waals surface area (Å²) >= 11 is 0. The molecule has 0 fully saturated rings. The minimum absolute atomic E-state index is 0.258. The monoisotopic (exact) mass is 272 g/mol. The van der Waals surface area contributed by atoms with Crippen molar-refractivity contribution >= 4 is 15.7 Å². The Kier molecular flexibility index (Phi) is 5.13. The van der Waals surface area contributed by atoms with Gasteiger partial charge in [-0.3, -0.25) is 0 Å². The van der Waals surface area contributed by atoms with Crippen LogP contribution in [0.15, 0.2) is 23.1 Å². The third-order valence-corrected chi connectivity index (χ3v) is 4.56. The van der Waals surface area contributed by atoms with Gasteiger partial charge in [0.2, 0.25) is 10.0 Å². The number of nitrogens with zero attached hydrogens (tertiary/aromatic N) is 1. The number of rotatable bonds is 6. The van der Waals surface area contributed by atoms with E-state index < -0.39 is 10.0 Å². The molecule has 0 aliphatic heterocycles. The first-order valence-electron chi connectivity index (χ1n) is 5.79. The summed E-state index contributed by atoms with van der Waals surface area (Å²) in [6.45, 7) is 4.96. The minimum Gasteiger partial charge on any atom is -0.399 e. The molecular weight excluding hydrogens is 252 g/mol. The number of hydrogen-bond acceptors (Lipinski definition) is 4. The van der Waals surface area contributed by atoms with E-state index in [-0.39, 0.29) is 4.90 Å². The highest BCUT2D eigenvalue weighted by Gasteiger charge is 2.20. The summed E-state index contributed by atoms with van der Waals surface area (Å²) in [5.74, 6) is 0. The van der Waals surface area contributed by atoms with Crippen molar-refractivity contribution < 1.29 is 13.2 Å². The largest absolute Gasteiger partial charge is 0.399 e. The maximum Gasteiger partial charge on any atom is 0.242 e. The van der Waals surface area contributed by atoms with Crippen molar-refractivity contribution in [2.75, 3.05) is 32.5 Å². The second-order valence-corrected chi connectivity index (χ2v) is 6.09. The first-order valence-corrected chi connectivity index (χ1v) is 7.23. The van der Waals surface area contributed by atoms with E-state index in [4.69, 9.17) is 10.5 Å². The molecule has 1 aromatic rings. The van der Waals surface area contributed by atoms with Gasteiger partial charge in [0.15, 0.2) is 0 Å². The lowest BCUT2D eigenvalue weighted by Gasteiger charge is -2.17. The van der Waals surface area contributed by atoms with Gasteiger partial charge in [0, 0.05) is 25.9 Å². The van der Waals surface area contributed by atoms with E-state index in [9.17, 15) is 8.42 Å². The van der Waals surface area contributed by atoms with Crippen LogP contribution in [-0.4, -0.2) is 39.5 Å². The molecule has 0 aromatic heterocycles. The lowest BCUT2D eigenvalue weighted by molar-refractivity contribution is 0.138. The lowest BCUT2D eigenvalue weighted by Crippen LogP contribution is -2.30. The standard InChI is InChI=1S/C12H20N2O3S/c1-4-17-8-7-14(3)18(15,16)11-5-6-12(13)10(2)9-11/h5-6,9H,4,7-8,13H2,1-3H3. The molecule has 0 saturated carbocycles. The Labute approximate surface area is 109 Å². The Balaban J connectivity index is 2.88. The summed E-state index contributed by atoms with van der Waals surface area (Å²) in [6.07, 6.45) is 0. The van der Waals surface area contributed by atoms with Crippen LogP contribution in [0.25, 0.3) is 0 Å². The van der Waals surface area contributed by atoms with E-state index in [0.717, 1.165) is 5.56 Å². The first kappa shape index (κ1) is 14.9. The van der Waals surface area contributed by atoms with Crippen molar-refractivity contribution in [2.24, 2.45) is 0 Å². The molecule has 0 amide bonds. The highest BCUT2D eigenvalue weighted by molar-refractivity contribution is 7.89. The fourth-order valence-corrected chi connectivity index (χ4v) is 2.69. The fourth-order valence-electron chi connectivity index (χ4n) is 1.45. The normalized spacial score (nSPS) is 12.0. The Bertz CT molecular complexity index is 500. The second-order valence-electron chi connectivity index (χ2n) is 4.04. The third kappa shape index (κ3) is 3.44. The Morgan fingerprint density at radius 2 is 2.06 bits per heavy atom. The number of ether oxygens (including phenoxy) is 1. The van der Waals surface area contributed by atoms with Gasteiger partial charge in [0.1, 0.15) is 0 Å². The molecule has 0 bridgehead atoms. The molecule has 0 radical (unpaired) electrons. The Morgan fingerprint density at radius 1 is 1.39 bits per heavy atom. The highest BCUT2D eigenvalue weighted by Crippen LogP contribution is 2.19. The van der Waals surface area contributed by atoms with E-state index in [1.807, 2.05) is 6.92 Å². The average molecular weight is 272 g/mol. The van der Waals surface area contributed by atoms with Gasteiger partial charge in [0.25, 0.3) is 0 Å². The molecule has 0 atom stereocenters. The molecule has 0 saturated heterocycles.